The molecule has 0 aliphatic carbocycles. The van der Waals surface area contributed by atoms with Gasteiger partial charge in [-0.25, -0.2) is 4.79 Å². The number of amides is 3. The van der Waals surface area contributed by atoms with Crippen LogP contribution >= 0.6 is 11.6 Å². The van der Waals surface area contributed by atoms with Crippen LogP contribution in [0.4, 0.5) is 10.5 Å². The average molecular weight is 420 g/mol. The second-order valence-corrected chi connectivity index (χ2v) is 9.41. The molecule has 7 nitrogen and oxygen atoms in total. The highest BCUT2D eigenvalue weighted by Crippen LogP contribution is 2.36. The smallest absolute Gasteiger partial charge is 0.327 e. The van der Waals surface area contributed by atoms with E-state index in [1.165, 1.54) is 4.90 Å². The fraction of sp³-hybridized carbons (Fsp3) is 0.619. The highest BCUT2D eigenvalue weighted by atomic mass is 35.5. The number of urea groups is 1. The normalized spacial score (nSPS) is 30.2. The van der Waals surface area contributed by atoms with Crippen LogP contribution in [0.5, 0.6) is 0 Å². The number of anilines is 1. The zero-order valence-corrected chi connectivity index (χ0v) is 18.5. The van der Waals surface area contributed by atoms with Crippen LogP contribution < -0.4 is 10.2 Å². The van der Waals surface area contributed by atoms with Gasteiger partial charge in [0.15, 0.2) is 0 Å². The number of carbonyl (C=O) groups is 2. The Hall–Kier alpha value is -1.83. The van der Waals surface area contributed by atoms with Gasteiger partial charge in [-0.2, -0.15) is 0 Å². The van der Waals surface area contributed by atoms with Crippen LogP contribution in [-0.4, -0.2) is 71.8 Å². The van der Waals surface area contributed by atoms with Gasteiger partial charge in [-0.3, -0.25) is 19.9 Å². The van der Waals surface area contributed by atoms with E-state index in [4.69, 9.17) is 11.6 Å². The van der Waals surface area contributed by atoms with E-state index in [1.807, 2.05) is 32.9 Å². The standard InChI is InChI=1S/C21H30ClN5O2/c1-12(2)9-27-19(28)17-18(24(5)21(27)29)23-20-25(10-13(3)11-26(17)20)16-8-6-7-15(22)14(16)4/h6-8,12-13,17-18,20,23H,9-11H2,1-5H3. The maximum absolute atomic E-state index is 13.4. The van der Waals surface area contributed by atoms with Crippen LogP contribution in [0.3, 0.4) is 0 Å². The van der Waals surface area contributed by atoms with Crippen LogP contribution in [0.25, 0.3) is 0 Å². The number of benzene rings is 1. The van der Waals surface area contributed by atoms with Crippen LogP contribution in [0.2, 0.25) is 5.02 Å². The van der Waals surface area contributed by atoms with Crippen LogP contribution in [-0.2, 0) is 4.79 Å². The van der Waals surface area contributed by atoms with Gasteiger partial charge in [0.05, 0.1) is 0 Å². The van der Waals surface area contributed by atoms with Crippen molar-refractivity contribution in [1.82, 2.24) is 20.0 Å². The van der Waals surface area contributed by atoms with Crippen molar-refractivity contribution in [3.63, 3.8) is 0 Å². The third-order valence-electron chi connectivity index (χ3n) is 6.18. The molecule has 1 aromatic rings. The number of hydrogen-bond donors (Lipinski definition) is 1. The van der Waals surface area contributed by atoms with Crippen molar-refractivity contribution in [3.8, 4) is 0 Å². The predicted octanol–water partition coefficient (Wildman–Crippen LogP) is 2.54. The van der Waals surface area contributed by atoms with Crippen molar-refractivity contribution in [2.45, 2.75) is 46.2 Å². The van der Waals surface area contributed by atoms with E-state index in [0.717, 1.165) is 29.4 Å². The number of imide groups is 1. The molecule has 0 saturated carbocycles. The molecule has 3 heterocycles. The van der Waals surface area contributed by atoms with Gasteiger partial charge in [-0.15, -0.1) is 0 Å². The van der Waals surface area contributed by atoms with E-state index in [-0.39, 0.29) is 36.4 Å². The Morgan fingerprint density at radius 2 is 1.97 bits per heavy atom. The molecule has 3 fully saturated rings. The Balaban J connectivity index is 1.71. The summed E-state index contributed by atoms with van der Waals surface area (Å²) in [4.78, 5) is 33.9. The number of nitrogens with zero attached hydrogens (tertiary/aromatic N) is 4. The van der Waals surface area contributed by atoms with E-state index >= 15 is 0 Å². The minimum absolute atomic E-state index is 0.0985. The van der Waals surface area contributed by atoms with Gasteiger partial charge < -0.3 is 9.80 Å². The Morgan fingerprint density at radius 1 is 1.24 bits per heavy atom. The van der Waals surface area contributed by atoms with Gasteiger partial charge in [0, 0.05) is 37.4 Å². The van der Waals surface area contributed by atoms with E-state index in [9.17, 15) is 9.59 Å². The first-order valence-corrected chi connectivity index (χ1v) is 10.7. The molecule has 4 unspecified atom stereocenters. The number of hydrogen-bond acceptors (Lipinski definition) is 5. The summed E-state index contributed by atoms with van der Waals surface area (Å²) in [5, 5.41) is 4.29. The minimum Gasteiger partial charge on any atom is -0.343 e. The summed E-state index contributed by atoms with van der Waals surface area (Å²) in [6, 6.07) is 5.32. The molecule has 0 bridgehead atoms. The summed E-state index contributed by atoms with van der Waals surface area (Å²) in [6.45, 7) is 10.4. The van der Waals surface area contributed by atoms with Gasteiger partial charge in [0.1, 0.15) is 18.5 Å². The lowest BCUT2D eigenvalue weighted by molar-refractivity contribution is -0.139. The third kappa shape index (κ3) is 3.29. The SMILES string of the molecule is Cc1c(Cl)cccc1N1CC(C)CN2C3C(=O)N(CC(C)C)C(=O)N(C)C3NC12. The second kappa shape index (κ2) is 7.45. The number of carbonyl (C=O) groups excluding carboxylic acids is 2. The summed E-state index contributed by atoms with van der Waals surface area (Å²) in [7, 11) is 1.78. The second-order valence-electron chi connectivity index (χ2n) is 9.00. The molecule has 158 valence electrons. The highest BCUT2D eigenvalue weighted by molar-refractivity contribution is 6.31. The van der Waals surface area contributed by atoms with Gasteiger partial charge in [-0.1, -0.05) is 38.4 Å². The number of fused-ring (bicyclic) bond motifs is 3. The number of halogens is 1. The van der Waals surface area contributed by atoms with Crippen molar-refractivity contribution in [2.24, 2.45) is 11.8 Å². The highest BCUT2D eigenvalue weighted by Gasteiger charge is 2.56. The lowest BCUT2D eigenvalue weighted by atomic mass is 10.0. The summed E-state index contributed by atoms with van der Waals surface area (Å²) in [5.41, 5.74) is 2.09. The van der Waals surface area contributed by atoms with Gasteiger partial charge >= 0.3 is 6.03 Å². The fourth-order valence-electron chi connectivity index (χ4n) is 4.84. The van der Waals surface area contributed by atoms with Crippen LogP contribution in [0.15, 0.2) is 18.2 Å². The molecule has 3 aliphatic heterocycles. The van der Waals surface area contributed by atoms with Gasteiger partial charge in [-0.05, 0) is 36.5 Å². The van der Waals surface area contributed by atoms with Crippen LogP contribution in [0, 0.1) is 18.8 Å². The summed E-state index contributed by atoms with van der Waals surface area (Å²) in [6.07, 6.45) is -0.493. The van der Waals surface area contributed by atoms with Crippen molar-refractivity contribution >= 4 is 29.2 Å². The first kappa shape index (κ1) is 20.4. The molecule has 3 amide bonds. The minimum atomic E-state index is -0.383. The van der Waals surface area contributed by atoms with Gasteiger partial charge in [0.2, 0.25) is 0 Å². The molecular weight excluding hydrogens is 390 g/mol. The maximum Gasteiger partial charge on any atom is 0.327 e. The Bertz CT molecular complexity index is 831. The Kier molecular flexibility index (Phi) is 5.25. The quantitative estimate of drug-likeness (QED) is 0.815. The first-order valence-electron chi connectivity index (χ1n) is 10.3. The number of rotatable bonds is 3. The third-order valence-corrected chi connectivity index (χ3v) is 6.59. The van der Waals surface area contributed by atoms with Crippen molar-refractivity contribution < 1.29 is 9.59 Å². The molecule has 4 atom stereocenters. The zero-order valence-electron chi connectivity index (χ0n) is 17.7. The topological polar surface area (TPSA) is 59.1 Å². The van der Waals surface area contributed by atoms with E-state index in [2.05, 4.69) is 28.1 Å². The molecule has 0 spiro atoms. The first-order chi connectivity index (χ1) is 13.7. The Labute approximate surface area is 177 Å². The van der Waals surface area contributed by atoms with E-state index in [1.54, 1.807) is 11.9 Å². The molecular formula is C21H30ClN5O2. The molecule has 8 heteroatoms. The lowest BCUT2D eigenvalue weighted by Gasteiger charge is -2.46. The van der Waals surface area contributed by atoms with Crippen molar-refractivity contribution in [2.75, 3.05) is 31.6 Å². The molecule has 0 aromatic heterocycles. The number of likely N-dealkylation sites (N-methyl/N-ethyl adjacent to an activating group) is 1. The van der Waals surface area contributed by atoms with Gasteiger partial charge in [0.25, 0.3) is 5.91 Å². The summed E-state index contributed by atoms with van der Waals surface area (Å²) in [5.74, 6) is 0.502. The fourth-order valence-corrected chi connectivity index (χ4v) is 5.01. The van der Waals surface area contributed by atoms with Crippen molar-refractivity contribution in [1.29, 1.82) is 0 Å². The average Bonchev–Trinajstić information content (AvgIpc) is 3.04. The predicted molar refractivity (Wildman–Crippen MR) is 114 cm³/mol. The lowest BCUT2D eigenvalue weighted by Crippen LogP contribution is -2.67. The Morgan fingerprint density at radius 3 is 2.66 bits per heavy atom. The molecule has 3 aliphatic rings. The molecule has 1 N–H and O–H groups in total. The molecule has 4 rings (SSSR count). The molecule has 29 heavy (non-hydrogen) atoms. The summed E-state index contributed by atoms with van der Waals surface area (Å²) >= 11 is 6.39. The summed E-state index contributed by atoms with van der Waals surface area (Å²) < 4.78 is 0. The van der Waals surface area contributed by atoms with E-state index < -0.39 is 0 Å². The van der Waals surface area contributed by atoms with Crippen LogP contribution in [0.1, 0.15) is 26.3 Å². The maximum atomic E-state index is 13.4. The van der Waals surface area contributed by atoms with E-state index in [0.29, 0.717) is 12.5 Å². The molecule has 1 aromatic carbocycles. The van der Waals surface area contributed by atoms with Crippen molar-refractivity contribution in [3.05, 3.63) is 28.8 Å². The largest absolute Gasteiger partial charge is 0.343 e. The zero-order chi connectivity index (χ0) is 21.0. The molecule has 3 saturated heterocycles. The molecule has 0 radical (unpaired) electrons. The number of nitrogens with one attached hydrogen (secondary N) is 1. The monoisotopic (exact) mass is 419 g/mol.